The van der Waals surface area contributed by atoms with E-state index in [9.17, 15) is 0 Å². The lowest BCUT2D eigenvalue weighted by Gasteiger charge is -2.10. The van der Waals surface area contributed by atoms with Crippen LogP contribution in [0.4, 0.5) is 0 Å². The topological polar surface area (TPSA) is 48.4 Å². The van der Waals surface area contributed by atoms with E-state index in [-0.39, 0.29) is 6.04 Å². The summed E-state index contributed by atoms with van der Waals surface area (Å²) < 4.78 is 10.5. The molecule has 2 aromatic rings. The van der Waals surface area contributed by atoms with E-state index in [0.717, 1.165) is 29.9 Å². The molecule has 3 nitrogen and oxygen atoms in total. The first-order chi connectivity index (χ1) is 7.84. The quantitative estimate of drug-likeness (QED) is 0.835. The molecule has 0 radical (unpaired) electrons. The first-order valence-corrected chi connectivity index (χ1v) is 5.38. The van der Waals surface area contributed by atoms with Crippen molar-refractivity contribution in [3.8, 4) is 5.75 Å². The number of hydrogen-bond donors (Lipinski definition) is 1. The third kappa shape index (κ3) is 1.49. The van der Waals surface area contributed by atoms with Gasteiger partial charge < -0.3 is 14.9 Å². The molecule has 2 heterocycles. The van der Waals surface area contributed by atoms with Gasteiger partial charge in [-0.15, -0.1) is 0 Å². The average Bonchev–Trinajstić information content (AvgIpc) is 2.98. The Morgan fingerprint density at radius 1 is 1.19 bits per heavy atom. The van der Waals surface area contributed by atoms with Crippen LogP contribution in [0, 0.1) is 0 Å². The minimum absolute atomic E-state index is 0.121. The highest BCUT2D eigenvalue weighted by molar-refractivity contribution is 5.42. The van der Waals surface area contributed by atoms with Gasteiger partial charge in [-0.3, -0.25) is 0 Å². The Bertz CT molecular complexity index is 491. The molecule has 82 valence electrons. The molecule has 1 unspecified atom stereocenters. The van der Waals surface area contributed by atoms with E-state index in [1.807, 2.05) is 18.2 Å². The van der Waals surface area contributed by atoms with Gasteiger partial charge in [0.2, 0.25) is 0 Å². The second kappa shape index (κ2) is 3.68. The van der Waals surface area contributed by atoms with E-state index in [1.54, 1.807) is 12.5 Å². The SMILES string of the molecule is NC(c1ccoc1)c1ccc2c(c1)CCO2. The average molecular weight is 215 g/mol. The van der Waals surface area contributed by atoms with E-state index in [0.29, 0.717) is 0 Å². The van der Waals surface area contributed by atoms with Crippen molar-refractivity contribution in [2.45, 2.75) is 12.5 Å². The van der Waals surface area contributed by atoms with Crippen molar-refractivity contribution in [1.29, 1.82) is 0 Å². The van der Waals surface area contributed by atoms with Crippen molar-refractivity contribution in [3.05, 3.63) is 53.5 Å². The van der Waals surface area contributed by atoms with Gasteiger partial charge in [-0.05, 0) is 23.3 Å². The molecule has 3 rings (SSSR count). The molecule has 1 aliphatic heterocycles. The monoisotopic (exact) mass is 215 g/mol. The van der Waals surface area contributed by atoms with Crippen LogP contribution in [-0.2, 0) is 6.42 Å². The zero-order valence-electron chi connectivity index (χ0n) is 8.85. The molecule has 0 aliphatic carbocycles. The van der Waals surface area contributed by atoms with Crippen LogP contribution in [-0.4, -0.2) is 6.61 Å². The fraction of sp³-hybridized carbons (Fsp3) is 0.231. The molecule has 0 saturated carbocycles. The van der Waals surface area contributed by atoms with Crippen LogP contribution in [0.1, 0.15) is 22.7 Å². The van der Waals surface area contributed by atoms with Gasteiger partial charge in [0, 0.05) is 12.0 Å². The normalized spacial score (nSPS) is 15.6. The van der Waals surface area contributed by atoms with E-state index in [2.05, 4.69) is 6.07 Å². The number of ether oxygens (including phenoxy) is 1. The first-order valence-electron chi connectivity index (χ1n) is 5.38. The fourth-order valence-electron chi connectivity index (χ4n) is 2.04. The Kier molecular flexibility index (Phi) is 2.18. The predicted octanol–water partition coefficient (Wildman–Crippen LogP) is 2.26. The van der Waals surface area contributed by atoms with Gasteiger partial charge in [-0.25, -0.2) is 0 Å². The van der Waals surface area contributed by atoms with Crippen LogP contribution in [0.2, 0.25) is 0 Å². The van der Waals surface area contributed by atoms with Gasteiger partial charge in [-0.2, -0.15) is 0 Å². The maximum absolute atomic E-state index is 6.15. The van der Waals surface area contributed by atoms with Gasteiger partial charge in [0.15, 0.2) is 0 Å². The van der Waals surface area contributed by atoms with Crippen LogP contribution in [0.3, 0.4) is 0 Å². The number of fused-ring (bicyclic) bond motifs is 1. The van der Waals surface area contributed by atoms with Crippen LogP contribution < -0.4 is 10.5 Å². The number of hydrogen-bond acceptors (Lipinski definition) is 3. The highest BCUT2D eigenvalue weighted by atomic mass is 16.5. The molecule has 3 heteroatoms. The Labute approximate surface area is 93.8 Å². The van der Waals surface area contributed by atoms with Crippen molar-refractivity contribution in [3.63, 3.8) is 0 Å². The van der Waals surface area contributed by atoms with Crippen molar-refractivity contribution >= 4 is 0 Å². The maximum Gasteiger partial charge on any atom is 0.122 e. The molecule has 1 atom stereocenters. The summed E-state index contributed by atoms with van der Waals surface area (Å²) in [6.45, 7) is 0.778. The lowest BCUT2D eigenvalue weighted by molar-refractivity contribution is 0.357. The fourth-order valence-corrected chi connectivity index (χ4v) is 2.04. The molecule has 1 aromatic heterocycles. The van der Waals surface area contributed by atoms with Crippen molar-refractivity contribution in [1.82, 2.24) is 0 Å². The van der Waals surface area contributed by atoms with E-state index < -0.39 is 0 Å². The van der Waals surface area contributed by atoms with E-state index in [1.165, 1.54) is 5.56 Å². The molecule has 16 heavy (non-hydrogen) atoms. The van der Waals surface area contributed by atoms with Crippen LogP contribution >= 0.6 is 0 Å². The number of rotatable bonds is 2. The summed E-state index contributed by atoms with van der Waals surface area (Å²) >= 11 is 0. The van der Waals surface area contributed by atoms with Crippen LogP contribution in [0.25, 0.3) is 0 Å². The molecule has 1 aromatic carbocycles. The summed E-state index contributed by atoms with van der Waals surface area (Å²) in [6, 6.07) is 7.91. The van der Waals surface area contributed by atoms with Crippen molar-refractivity contribution in [2.75, 3.05) is 6.61 Å². The second-order valence-electron chi connectivity index (χ2n) is 4.00. The van der Waals surface area contributed by atoms with Crippen molar-refractivity contribution < 1.29 is 9.15 Å². The third-order valence-electron chi connectivity index (χ3n) is 2.97. The molecule has 0 saturated heterocycles. The minimum atomic E-state index is -0.121. The Balaban J connectivity index is 1.95. The minimum Gasteiger partial charge on any atom is -0.493 e. The summed E-state index contributed by atoms with van der Waals surface area (Å²) in [6.07, 6.45) is 4.31. The van der Waals surface area contributed by atoms with Gasteiger partial charge in [0.1, 0.15) is 5.75 Å². The molecular weight excluding hydrogens is 202 g/mol. The summed E-state index contributed by atoms with van der Waals surface area (Å²) in [5, 5.41) is 0. The second-order valence-corrected chi connectivity index (χ2v) is 4.00. The predicted molar refractivity (Wildman–Crippen MR) is 60.4 cm³/mol. The molecule has 2 N–H and O–H groups in total. The standard InChI is InChI=1S/C13H13NO2/c14-13(11-3-5-15-8-11)10-1-2-12-9(7-10)4-6-16-12/h1-3,5,7-8,13H,4,6,14H2. The smallest absolute Gasteiger partial charge is 0.122 e. The van der Waals surface area contributed by atoms with E-state index >= 15 is 0 Å². The van der Waals surface area contributed by atoms with Gasteiger partial charge in [0.25, 0.3) is 0 Å². The lowest BCUT2D eigenvalue weighted by Crippen LogP contribution is -2.10. The molecule has 0 amide bonds. The number of benzene rings is 1. The summed E-state index contributed by atoms with van der Waals surface area (Å²) in [5.41, 5.74) is 9.50. The molecule has 1 aliphatic rings. The largest absolute Gasteiger partial charge is 0.493 e. The van der Waals surface area contributed by atoms with Crippen LogP contribution in [0.5, 0.6) is 5.75 Å². The molecule has 0 fully saturated rings. The molecule has 0 spiro atoms. The van der Waals surface area contributed by atoms with E-state index in [4.69, 9.17) is 14.9 Å². The zero-order chi connectivity index (χ0) is 11.0. The van der Waals surface area contributed by atoms with Gasteiger partial charge in [0.05, 0.1) is 25.2 Å². The third-order valence-corrected chi connectivity index (χ3v) is 2.97. The molecule has 0 bridgehead atoms. The summed E-state index contributed by atoms with van der Waals surface area (Å²) in [7, 11) is 0. The number of furan rings is 1. The van der Waals surface area contributed by atoms with Crippen LogP contribution in [0.15, 0.2) is 41.2 Å². The van der Waals surface area contributed by atoms with Gasteiger partial charge >= 0.3 is 0 Å². The Hall–Kier alpha value is -1.74. The van der Waals surface area contributed by atoms with Gasteiger partial charge in [-0.1, -0.05) is 12.1 Å². The summed E-state index contributed by atoms with van der Waals surface area (Å²) in [4.78, 5) is 0. The highest BCUT2D eigenvalue weighted by Crippen LogP contribution is 2.29. The maximum atomic E-state index is 6.15. The van der Waals surface area contributed by atoms with Crippen molar-refractivity contribution in [2.24, 2.45) is 5.73 Å². The number of nitrogens with two attached hydrogens (primary N) is 1. The zero-order valence-corrected chi connectivity index (χ0v) is 8.85. The Morgan fingerprint density at radius 2 is 2.12 bits per heavy atom. The summed E-state index contributed by atoms with van der Waals surface area (Å²) in [5.74, 6) is 0.989. The highest BCUT2D eigenvalue weighted by Gasteiger charge is 2.16. The first kappa shape index (κ1) is 9.48. The Morgan fingerprint density at radius 3 is 2.94 bits per heavy atom. The molecular formula is C13H13NO2. The lowest BCUT2D eigenvalue weighted by atomic mass is 9.99.